The molecule has 4 aromatic rings. The van der Waals surface area contributed by atoms with Crippen LogP contribution in [0.5, 0.6) is 0 Å². The molecule has 4 atom stereocenters. The molecule has 1 aromatic carbocycles. The molecule has 4 heterocycles. The standard InChI is InChI=1S/C30H32F3N5O2/c1-17-10-18(11-25(34)29(17)39)22-4-7-35-15-19(22)12-27-36-16-21-2-3-26(37-38(21)27)28-23(31)13-20(14-24(28)32)30(33)5-8-40-9-6-30/h2-4,7,13-18,25,29,39H,5-6,8-12,34H2,1H3/t17-,18+,25+,29-/m0/s1. The number of hydrogen-bond donors (Lipinski definition) is 2. The van der Waals surface area contributed by atoms with E-state index < -0.39 is 23.4 Å². The van der Waals surface area contributed by atoms with Crippen molar-refractivity contribution < 1.29 is 23.0 Å². The Balaban J connectivity index is 1.33. The van der Waals surface area contributed by atoms with Gasteiger partial charge in [-0.2, -0.15) is 5.10 Å². The molecule has 40 heavy (non-hydrogen) atoms. The molecule has 0 spiro atoms. The van der Waals surface area contributed by atoms with Gasteiger partial charge in [0.2, 0.25) is 0 Å². The van der Waals surface area contributed by atoms with Gasteiger partial charge in [0.05, 0.1) is 29.1 Å². The van der Waals surface area contributed by atoms with E-state index in [9.17, 15) is 5.11 Å². The van der Waals surface area contributed by atoms with Crippen molar-refractivity contribution in [3.05, 3.63) is 83.1 Å². The van der Waals surface area contributed by atoms with Crippen molar-refractivity contribution in [2.45, 2.75) is 62.8 Å². The predicted octanol–water partition coefficient (Wildman–Crippen LogP) is 4.84. The van der Waals surface area contributed by atoms with Crippen molar-refractivity contribution >= 4 is 5.52 Å². The van der Waals surface area contributed by atoms with Gasteiger partial charge in [0.1, 0.15) is 23.1 Å². The van der Waals surface area contributed by atoms with E-state index in [1.807, 2.05) is 13.0 Å². The fourth-order valence-electron chi connectivity index (χ4n) is 6.23. The molecule has 0 bridgehead atoms. The van der Waals surface area contributed by atoms with Crippen molar-refractivity contribution in [3.8, 4) is 11.3 Å². The molecular weight excluding hydrogens is 519 g/mol. The highest BCUT2D eigenvalue weighted by atomic mass is 19.1. The number of hydrogen-bond acceptors (Lipinski definition) is 6. The third kappa shape index (κ3) is 4.88. The highest BCUT2D eigenvalue weighted by Gasteiger charge is 2.36. The molecule has 1 aliphatic carbocycles. The first kappa shape index (κ1) is 26.9. The lowest BCUT2D eigenvalue weighted by Gasteiger charge is -2.36. The predicted molar refractivity (Wildman–Crippen MR) is 143 cm³/mol. The number of aliphatic hydroxyl groups excluding tert-OH is 1. The number of nitrogens with two attached hydrogens (primary N) is 1. The van der Waals surface area contributed by atoms with Gasteiger partial charge in [-0.05, 0) is 71.7 Å². The molecule has 6 rings (SSSR count). The van der Waals surface area contributed by atoms with E-state index in [0.29, 0.717) is 24.2 Å². The normalized spacial score (nSPS) is 24.9. The number of benzene rings is 1. The number of aliphatic hydroxyl groups is 1. The topological polar surface area (TPSA) is 98.6 Å². The summed E-state index contributed by atoms with van der Waals surface area (Å²) in [6.45, 7) is 2.42. The average molecular weight is 552 g/mol. The number of pyridine rings is 1. The van der Waals surface area contributed by atoms with Crippen molar-refractivity contribution in [1.82, 2.24) is 19.6 Å². The maximum atomic E-state index is 15.4. The highest BCUT2D eigenvalue weighted by molar-refractivity contribution is 5.63. The van der Waals surface area contributed by atoms with Gasteiger partial charge in [-0.1, -0.05) is 6.92 Å². The minimum Gasteiger partial charge on any atom is -0.391 e. The number of aromatic nitrogens is 4. The van der Waals surface area contributed by atoms with Gasteiger partial charge in [-0.25, -0.2) is 22.7 Å². The monoisotopic (exact) mass is 551 g/mol. The summed E-state index contributed by atoms with van der Waals surface area (Å²) in [4.78, 5) is 8.86. The van der Waals surface area contributed by atoms with Crippen LogP contribution >= 0.6 is 0 Å². The number of nitrogens with zero attached hydrogens (tertiary/aromatic N) is 4. The Morgan fingerprint density at radius 2 is 1.85 bits per heavy atom. The molecule has 1 saturated carbocycles. The van der Waals surface area contributed by atoms with Crippen molar-refractivity contribution in [1.29, 1.82) is 0 Å². The van der Waals surface area contributed by atoms with Crippen LogP contribution in [0, 0.1) is 17.6 Å². The van der Waals surface area contributed by atoms with E-state index in [0.717, 1.165) is 29.7 Å². The molecule has 210 valence electrons. The van der Waals surface area contributed by atoms with Crippen LogP contribution in [-0.2, 0) is 16.8 Å². The molecule has 2 aliphatic rings. The second-order valence-electron chi connectivity index (χ2n) is 11.2. The molecule has 0 unspecified atom stereocenters. The summed E-state index contributed by atoms with van der Waals surface area (Å²) in [5.41, 5.74) is 6.87. The summed E-state index contributed by atoms with van der Waals surface area (Å²) in [5, 5.41) is 14.9. The Morgan fingerprint density at radius 1 is 1.10 bits per heavy atom. The Kier molecular flexibility index (Phi) is 7.10. The molecule has 2 fully saturated rings. The van der Waals surface area contributed by atoms with Crippen LogP contribution in [0.15, 0.2) is 48.9 Å². The quantitative estimate of drug-likeness (QED) is 0.369. The van der Waals surface area contributed by atoms with Crippen molar-refractivity contribution in [3.63, 3.8) is 0 Å². The number of alkyl halides is 1. The lowest BCUT2D eigenvalue weighted by atomic mass is 9.74. The van der Waals surface area contributed by atoms with E-state index in [2.05, 4.69) is 15.1 Å². The third-order valence-corrected chi connectivity index (χ3v) is 8.52. The summed E-state index contributed by atoms with van der Waals surface area (Å²) in [7, 11) is 0. The zero-order chi connectivity index (χ0) is 28.0. The van der Waals surface area contributed by atoms with Gasteiger partial charge in [0, 0.05) is 50.9 Å². The molecule has 10 heteroatoms. The Hall–Kier alpha value is -3.34. The second-order valence-corrected chi connectivity index (χ2v) is 11.2. The SMILES string of the molecule is C[C@H]1C[C@@H](c2ccncc2Cc2ncc3ccc(-c4c(F)cc(C5(F)CCOCC5)cc4F)nn23)C[C@@H](N)[C@H]1O. The Labute approximate surface area is 230 Å². The largest absolute Gasteiger partial charge is 0.391 e. The van der Waals surface area contributed by atoms with Crippen molar-refractivity contribution in [2.75, 3.05) is 13.2 Å². The minimum absolute atomic E-state index is 0.0210. The van der Waals surface area contributed by atoms with E-state index in [1.165, 1.54) is 6.07 Å². The van der Waals surface area contributed by atoms with Gasteiger partial charge in [0.15, 0.2) is 0 Å². The van der Waals surface area contributed by atoms with Crippen LogP contribution in [0.2, 0.25) is 0 Å². The second kappa shape index (κ2) is 10.6. The van der Waals surface area contributed by atoms with Crippen LogP contribution in [0.1, 0.15) is 61.0 Å². The summed E-state index contributed by atoms with van der Waals surface area (Å²) in [5.74, 6) is -0.918. The lowest BCUT2D eigenvalue weighted by Crippen LogP contribution is -2.44. The lowest BCUT2D eigenvalue weighted by molar-refractivity contribution is -0.0117. The van der Waals surface area contributed by atoms with Gasteiger partial charge >= 0.3 is 0 Å². The molecule has 1 saturated heterocycles. The van der Waals surface area contributed by atoms with E-state index in [-0.39, 0.29) is 60.8 Å². The Bertz CT molecular complexity index is 1500. The third-order valence-electron chi connectivity index (χ3n) is 8.52. The molecule has 3 N–H and O–H groups in total. The number of halogens is 3. The van der Waals surface area contributed by atoms with E-state index in [1.54, 1.807) is 29.2 Å². The maximum absolute atomic E-state index is 15.4. The van der Waals surface area contributed by atoms with Gasteiger partial charge < -0.3 is 15.6 Å². The van der Waals surface area contributed by atoms with Crippen molar-refractivity contribution in [2.24, 2.45) is 11.7 Å². The number of imidazole rings is 1. The smallest absolute Gasteiger partial charge is 0.140 e. The molecule has 7 nitrogen and oxygen atoms in total. The van der Waals surface area contributed by atoms with Crippen LogP contribution in [0.3, 0.4) is 0 Å². The number of rotatable bonds is 5. The summed E-state index contributed by atoms with van der Waals surface area (Å²) < 4.78 is 52.8. The average Bonchev–Trinajstić information content (AvgIpc) is 3.33. The van der Waals surface area contributed by atoms with E-state index >= 15 is 13.2 Å². The fraction of sp³-hybridized carbons (Fsp3) is 0.433. The summed E-state index contributed by atoms with van der Waals surface area (Å²) in [6, 6.07) is 7.05. The minimum atomic E-state index is -1.83. The van der Waals surface area contributed by atoms with Gasteiger partial charge in [0.25, 0.3) is 0 Å². The molecule has 0 radical (unpaired) electrons. The summed E-state index contributed by atoms with van der Waals surface area (Å²) in [6.07, 6.45) is 6.64. The van der Waals surface area contributed by atoms with Gasteiger partial charge in [-0.3, -0.25) is 4.98 Å². The first-order valence-corrected chi connectivity index (χ1v) is 13.7. The van der Waals surface area contributed by atoms with E-state index in [4.69, 9.17) is 10.5 Å². The molecule has 0 amide bonds. The van der Waals surface area contributed by atoms with Crippen LogP contribution in [0.25, 0.3) is 16.8 Å². The van der Waals surface area contributed by atoms with Gasteiger partial charge in [-0.15, -0.1) is 0 Å². The Morgan fingerprint density at radius 3 is 2.58 bits per heavy atom. The molecule has 3 aromatic heterocycles. The first-order valence-electron chi connectivity index (χ1n) is 13.7. The fourth-order valence-corrected chi connectivity index (χ4v) is 6.23. The number of fused-ring (bicyclic) bond motifs is 1. The van der Waals surface area contributed by atoms with Crippen LogP contribution < -0.4 is 5.73 Å². The highest BCUT2D eigenvalue weighted by Crippen LogP contribution is 2.40. The maximum Gasteiger partial charge on any atom is 0.140 e. The summed E-state index contributed by atoms with van der Waals surface area (Å²) >= 11 is 0. The molecule has 1 aliphatic heterocycles. The zero-order valence-corrected chi connectivity index (χ0v) is 22.2. The molecular formula is C30H32F3N5O2. The zero-order valence-electron chi connectivity index (χ0n) is 22.2. The van der Waals surface area contributed by atoms with Crippen LogP contribution in [-0.4, -0.2) is 50.0 Å². The van der Waals surface area contributed by atoms with Crippen LogP contribution in [0.4, 0.5) is 13.2 Å². The first-order chi connectivity index (χ1) is 19.2. The number of ether oxygens (including phenoxy) is 1.